The lowest BCUT2D eigenvalue weighted by molar-refractivity contribution is -0.156. The first-order valence-corrected chi connectivity index (χ1v) is 10.5. The van der Waals surface area contributed by atoms with Crippen LogP contribution in [0.1, 0.15) is 108 Å². The van der Waals surface area contributed by atoms with E-state index in [0.29, 0.717) is 17.9 Å². The molecule has 0 aliphatic heterocycles. The maximum absolute atomic E-state index is 10.9. The normalized spacial score (nSPS) is 14.6. The summed E-state index contributed by atoms with van der Waals surface area (Å²) >= 11 is 0. The van der Waals surface area contributed by atoms with Gasteiger partial charge >= 0.3 is 11.9 Å². The molecule has 0 heterocycles. The maximum Gasteiger partial charge on any atom is 0.303 e. The van der Waals surface area contributed by atoms with Crippen LogP contribution in [0.25, 0.3) is 0 Å². The van der Waals surface area contributed by atoms with Crippen molar-refractivity contribution >= 4 is 11.9 Å². The summed E-state index contributed by atoms with van der Waals surface area (Å²) in [4.78, 5) is 21.4. The van der Waals surface area contributed by atoms with Crippen molar-refractivity contribution in [3.63, 3.8) is 0 Å². The highest BCUT2D eigenvalue weighted by atomic mass is 16.6. The standard InChI is InChI=1S/C12H24O2.C11H22O2/c1-6-12(5,14-11(4)13)9-7-8-10(2)3;1-9(8-11(3,4)5)6-7-13-10(2)12/h10H,6-9H2,1-5H3;9H,6-8H2,1-5H3. The van der Waals surface area contributed by atoms with Crippen LogP contribution in [0.15, 0.2) is 0 Å². The van der Waals surface area contributed by atoms with E-state index in [2.05, 4.69) is 48.5 Å². The molecule has 0 saturated carbocycles. The Morgan fingerprint density at radius 1 is 0.926 bits per heavy atom. The second-order valence-electron chi connectivity index (χ2n) is 9.68. The number of carbonyl (C=O) groups is 2. The van der Waals surface area contributed by atoms with Gasteiger partial charge in [-0.05, 0) is 56.3 Å². The molecule has 0 aliphatic carbocycles. The van der Waals surface area contributed by atoms with Crippen molar-refractivity contribution in [1.29, 1.82) is 0 Å². The van der Waals surface area contributed by atoms with Crippen molar-refractivity contribution in [2.24, 2.45) is 17.3 Å². The monoisotopic (exact) mass is 386 g/mol. The van der Waals surface area contributed by atoms with Crippen molar-refractivity contribution in [3.8, 4) is 0 Å². The fraction of sp³-hybridized carbons (Fsp3) is 0.913. The van der Waals surface area contributed by atoms with E-state index in [1.807, 2.05) is 6.92 Å². The third-order valence-corrected chi connectivity index (χ3v) is 4.50. The average Bonchev–Trinajstić information content (AvgIpc) is 2.44. The summed E-state index contributed by atoms with van der Waals surface area (Å²) < 4.78 is 10.2. The Kier molecular flexibility index (Phi) is 14.6. The summed E-state index contributed by atoms with van der Waals surface area (Å²) in [7, 11) is 0. The van der Waals surface area contributed by atoms with Gasteiger partial charge in [0.25, 0.3) is 0 Å². The third kappa shape index (κ3) is 21.1. The van der Waals surface area contributed by atoms with Gasteiger partial charge in [-0.2, -0.15) is 0 Å². The Morgan fingerprint density at radius 3 is 1.85 bits per heavy atom. The minimum Gasteiger partial charge on any atom is -0.466 e. The Labute approximate surface area is 168 Å². The van der Waals surface area contributed by atoms with Crippen LogP contribution in [0.5, 0.6) is 0 Å². The first kappa shape index (κ1) is 28.2. The Balaban J connectivity index is 0. The lowest BCUT2D eigenvalue weighted by Crippen LogP contribution is -2.30. The molecule has 0 radical (unpaired) electrons. The fourth-order valence-corrected chi connectivity index (χ4v) is 3.08. The van der Waals surface area contributed by atoms with Crippen molar-refractivity contribution in [3.05, 3.63) is 0 Å². The van der Waals surface area contributed by atoms with Gasteiger partial charge in [-0.1, -0.05) is 54.9 Å². The molecule has 0 aromatic carbocycles. The van der Waals surface area contributed by atoms with E-state index < -0.39 is 0 Å². The summed E-state index contributed by atoms with van der Waals surface area (Å²) in [5.74, 6) is 1.01. The molecule has 4 nitrogen and oxygen atoms in total. The number of hydrogen-bond acceptors (Lipinski definition) is 4. The maximum atomic E-state index is 10.9. The second-order valence-corrected chi connectivity index (χ2v) is 9.68. The molecule has 0 aromatic rings. The number of ether oxygens (including phenoxy) is 2. The molecule has 0 bridgehead atoms. The van der Waals surface area contributed by atoms with Crippen LogP contribution >= 0.6 is 0 Å². The van der Waals surface area contributed by atoms with Crippen LogP contribution < -0.4 is 0 Å². The molecule has 0 fully saturated rings. The summed E-state index contributed by atoms with van der Waals surface area (Å²) in [6.07, 6.45) is 6.35. The van der Waals surface area contributed by atoms with Crippen molar-refractivity contribution in [1.82, 2.24) is 0 Å². The summed E-state index contributed by atoms with van der Waals surface area (Å²) in [5, 5.41) is 0. The molecular weight excluding hydrogens is 340 g/mol. The van der Waals surface area contributed by atoms with Gasteiger partial charge in [0.15, 0.2) is 0 Å². The number of rotatable bonds is 10. The highest BCUT2D eigenvalue weighted by Crippen LogP contribution is 2.26. The van der Waals surface area contributed by atoms with E-state index in [1.54, 1.807) is 0 Å². The predicted octanol–water partition coefficient (Wildman–Crippen LogP) is 6.56. The molecule has 0 amide bonds. The van der Waals surface area contributed by atoms with Crippen molar-refractivity contribution in [2.45, 2.75) is 113 Å². The quantitative estimate of drug-likeness (QED) is 0.399. The highest BCUT2D eigenvalue weighted by molar-refractivity contribution is 5.66. The minimum absolute atomic E-state index is 0.168. The van der Waals surface area contributed by atoms with E-state index in [0.717, 1.165) is 31.6 Å². The third-order valence-electron chi connectivity index (χ3n) is 4.50. The van der Waals surface area contributed by atoms with Gasteiger partial charge in [0, 0.05) is 13.8 Å². The first-order valence-electron chi connectivity index (χ1n) is 10.5. The molecule has 4 heteroatoms. The van der Waals surface area contributed by atoms with Crippen molar-refractivity contribution in [2.75, 3.05) is 6.61 Å². The van der Waals surface area contributed by atoms with E-state index >= 15 is 0 Å². The first-order chi connectivity index (χ1) is 12.2. The van der Waals surface area contributed by atoms with Gasteiger partial charge in [-0.25, -0.2) is 0 Å². The zero-order valence-corrected chi connectivity index (χ0v) is 19.7. The second kappa shape index (κ2) is 14.0. The van der Waals surface area contributed by atoms with Gasteiger partial charge in [-0.3, -0.25) is 9.59 Å². The highest BCUT2D eigenvalue weighted by Gasteiger charge is 2.24. The average molecular weight is 387 g/mol. The molecule has 0 spiro atoms. The van der Waals surface area contributed by atoms with Crippen LogP contribution in [0, 0.1) is 17.3 Å². The molecule has 162 valence electrons. The van der Waals surface area contributed by atoms with E-state index in [1.165, 1.54) is 26.7 Å². The van der Waals surface area contributed by atoms with Crippen LogP contribution in [-0.4, -0.2) is 24.1 Å². The molecule has 0 aliphatic rings. The van der Waals surface area contributed by atoms with Crippen LogP contribution in [0.4, 0.5) is 0 Å². The zero-order chi connectivity index (χ0) is 21.7. The summed E-state index contributed by atoms with van der Waals surface area (Å²) in [6, 6.07) is 0. The van der Waals surface area contributed by atoms with Gasteiger partial charge in [0.05, 0.1) is 6.61 Å². The Hall–Kier alpha value is -1.06. The number of hydrogen-bond donors (Lipinski definition) is 0. The van der Waals surface area contributed by atoms with Gasteiger partial charge < -0.3 is 9.47 Å². The summed E-state index contributed by atoms with van der Waals surface area (Å²) in [6.45, 7) is 20.9. The summed E-state index contributed by atoms with van der Waals surface area (Å²) in [5.41, 5.74) is 0.121. The van der Waals surface area contributed by atoms with Gasteiger partial charge in [0.1, 0.15) is 5.60 Å². The smallest absolute Gasteiger partial charge is 0.303 e. The SMILES string of the molecule is CC(=O)OCCC(C)CC(C)(C)C.CCC(C)(CCCC(C)C)OC(C)=O. The Morgan fingerprint density at radius 2 is 1.48 bits per heavy atom. The predicted molar refractivity (Wildman–Crippen MR) is 114 cm³/mol. The lowest BCUT2D eigenvalue weighted by Gasteiger charge is -2.28. The molecular formula is C23H46O4. The molecule has 0 N–H and O–H groups in total. The van der Waals surface area contributed by atoms with Crippen LogP contribution in [0.2, 0.25) is 0 Å². The van der Waals surface area contributed by atoms with Crippen LogP contribution in [-0.2, 0) is 19.1 Å². The van der Waals surface area contributed by atoms with E-state index in [-0.39, 0.29) is 17.5 Å². The lowest BCUT2D eigenvalue weighted by atomic mass is 9.84. The van der Waals surface area contributed by atoms with Crippen LogP contribution in [0.3, 0.4) is 0 Å². The topological polar surface area (TPSA) is 52.6 Å². The van der Waals surface area contributed by atoms with Gasteiger partial charge in [0.2, 0.25) is 0 Å². The number of carbonyl (C=O) groups excluding carboxylic acids is 2. The van der Waals surface area contributed by atoms with E-state index in [4.69, 9.17) is 9.47 Å². The minimum atomic E-state index is -0.249. The zero-order valence-electron chi connectivity index (χ0n) is 19.7. The molecule has 2 atom stereocenters. The van der Waals surface area contributed by atoms with Crippen molar-refractivity contribution < 1.29 is 19.1 Å². The molecule has 0 aromatic heterocycles. The molecule has 0 rings (SSSR count). The molecule has 27 heavy (non-hydrogen) atoms. The number of esters is 2. The molecule has 0 saturated heterocycles. The van der Waals surface area contributed by atoms with E-state index in [9.17, 15) is 9.59 Å². The Bertz CT molecular complexity index is 409. The largest absolute Gasteiger partial charge is 0.466 e. The fourth-order valence-electron chi connectivity index (χ4n) is 3.08. The molecule has 2 unspecified atom stereocenters. The van der Waals surface area contributed by atoms with Gasteiger partial charge in [-0.15, -0.1) is 0 Å².